The average Bonchev–Trinajstić information content (AvgIpc) is 2.83. The number of nitrogens with one attached hydrogen (secondary N) is 1. The first-order chi connectivity index (χ1) is 13.6. The minimum Gasteiger partial charge on any atom is -0.444 e. The van der Waals surface area contributed by atoms with E-state index in [0.29, 0.717) is 11.3 Å². The van der Waals surface area contributed by atoms with Gasteiger partial charge in [0.25, 0.3) is 5.91 Å². The lowest BCUT2D eigenvalue weighted by Crippen LogP contribution is -2.57. The van der Waals surface area contributed by atoms with Crippen LogP contribution in [0.15, 0.2) is 54.6 Å². The van der Waals surface area contributed by atoms with Crippen LogP contribution in [0.4, 0.5) is 10.5 Å². The maximum Gasteiger partial charge on any atom is 0.408 e. The van der Waals surface area contributed by atoms with E-state index in [2.05, 4.69) is 5.32 Å². The number of alkyl carbamates (subject to hydrolysis) is 1. The topological polar surface area (TPSA) is 102 Å². The van der Waals surface area contributed by atoms with Crippen LogP contribution in [0, 0.1) is 10.1 Å². The van der Waals surface area contributed by atoms with E-state index in [1.54, 1.807) is 45.0 Å². The van der Waals surface area contributed by atoms with Gasteiger partial charge in [-0.05, 0) is 32.4 Å². The monoisotopic (exact) mass is 397 g/mol. The zero-order chi connectivity index (χ0) is 21.2. The van der Waals surface area contributed by atoms with Gasteiger partial charge in [0.05, 0.1) is 12.2 Å². The van der Waals surface area contributed by atoms with Gasteiger partial charge in [0.15, 0.2) is 0 Å². The molecule has 8 heteroatoms. The van der Waals surface area contributed by atoms with E-state index in [9.17, 15) is 19.7 Å². The Hall–Kier alpha value is -3.42. The minimum absolute atomic E-state index is 0.228. The van der Waals surface area contributed by atoms with Crippen molar-refractivity contribution in [1.82, 2.24) is 5.32 Å². The molecule has 0 saturated heterocycles. The molecule has 3 rings (SSSR count). The first-order valence-electron chi connectivity index (χ1n) is 9.21. The Kier molecular flexibility index (Phi) is 5.28. The molecule has 29 heavy (non-hydrogen) atoms. The van der Waals surface area contributed by atoms with Gasteiger partial charge in [0.1, 0.15) is 5.60 Å². The summed E-state index contributed by atoms with van der Waals surface area (Å²) in [6, 6.07) is 16.1. The van der Waals surface area contributed by atoms with E-state index < -0.39 is 34.6 Å². The van der Waals surface area contributed by atoms with E-state index >= 15 is 0 Å². The smallest absolute Gasteiger partial charge is 0.408 e. The zero-order valence-electron chi connectivity index (χ0n) is 16.5. The van der Waals surface area contributed by atoms with Crippen molar-refractivity contribution in [2.45, 2.75) is 38.5 Å². The molecule has 0 spiro atoms. The zero-order valence-corrected chi connectivity index (χ0v) is 16.5. The molecule has 1 aliphatic heterocycles. The van der Waals surface area contributed by atoms with Crippen LogP contribution < -0.4 is 10.2 Å². The fourth-order valence-corrected chi connectivity index (χ4v) is 3.43. The third kappa shape index (κ3) is 4.21. The molecular weight excluding hydrogens is 374 g/mol. The number of benzene rings is 2. The van der Waals surface area contributed by atoms with Crippen LogP contribution in [0.2, 0.25) is 0 Å². The first kappa shape index (κ1) is 20.3. The van der Waals surface area contributed by atoms with Crippen LogP contribution in [-0.4, -0.2) is 29.1 Å². The maximum atomic E-state index is 13.5. The van der Waals surface area contributed by atoms with Gasteiger partial charge in [-0.3, -0.25) is 20.2 Å². The number of nitrogens with zero attached hydrogens (tertiary/aromatic N) is 2. The van der Waals surface area contributed by atoms with E-state index in [-0.39, 0.29) is 6.54 Å². The Morgan fingerprint density at radius 2 is 1.76 bits per heavy atom. The predicted octanol–water partition coefficient (Wildman–Crippen LogP) is 3.23. The summed E-state index contributed by atoms with van der Waals surface area (Å²) in [5.41, 5.74) is -0.880. The Bertz CT molecular complexity index is 939. The van der Waals surface area contributed by atoms with Crippen molar-refractivity contribution in [3.63, 3.8) is 0 Å². The Morgan fingerprint density at radius 3 is 2.38 bits per heavy atom. The number of carbonyl (C=O) groups is 2. The summed E-state index contributed by atoms with van der Waals surface area (Å²) in [6.45, 7) is 4.48. The molecular formula is C21H23N3O5. The normalized spacial score (nSPS) is 18.3. The summed E-state index contributed by atoms with van der Waals surface area (Å²) in [5, 5.41) is 14.0. The molecule has 0 unspecified atom stereocenters. The van der Waals surface area contributed by atoms with Crippen LogP contribution in [0.1, 0.15) is 31.9 Å². The number of carbonyl (C=O) groups excluding carboxylic acids is 2. The van der Waals surface area contributed by atoms with Gasteiger partial charge in [-0.25, -0.2) is 4.79 Å². The van der Waals surface area contributed by atoms with Gasteiger partial charge in [0.2, 0.25) is 12.1 Å². The number of amides is 2. The van der Waals surface area contributed by atoms with Crippen LogP contribution in [0.5, 0.6) is 0 Å². The second kappa shape index (κ2) is 7.54. The molecule has 1 atom stereocenters. The number of ether oxygens (including phenoxy) is 1. The van der Waals surface area contributed by atoms with Crippen LogP contribution in [0.25, 0.3) is 0 Å². The van der Waals surface area contributed by atoms with E-state index in [0.717, 1.165) is 5.56 Å². The molecule has 0 radical (unpaired) electrons. The predicted molar refractivity (Wildman–Crippen MR) is 107 cm³/mol. The van der Waals surface area contributed by atoms with Crippen molar-refractivity contribution in [3.8, 4) is 0 Å². The molecule has 2 amide bonds. The molecule has 8 nitrogen and oxygen atoms in total. The molecule has 1 heterocycles. The highest BCUT2D eigenvalue weighted by atomic mass is 16.6. The van der Waals surface area contributed by atoms with Crippen molar-refractivity contribution in [1.29, 1.82) is 0 Å². The maximum absolute atomic E-state index is 13.5. The molecule has 2 aromatic carbocycles. The van der Waals surface area contributed by atoms with Crippen molar-refractivity contribution in [2.24, 2.45) is 0 Å². The number of hydrogen-bond donors (Lipinski definition) is 1. The fourth-order valence-electron chi connectivity index (χ4n) is 3.43. The number of rotatable bonds is 5. The quantitative estimate of drug-likeness (QED) is 0.616. The van der Waals surface area contributed by atoms with Gasteiger partial charge in [0, 0.05) is 10.5 Å². The largest absolute Gasteiger partial charge is 0.444 e. The molecule has 1 aliphatic rings. The molecule has 1 N–H and O–H groups in total. The highest BCUT2D eigenvalue weighted by molar-refractivity contribution is 6.09. The highest BCUT2D eigenvalue weighted by Crippen LogP contribution is 2.41. The number of fused-ring (bicyclic) bond motifs is 1. The third-order valence-corrected chi connectivity index (χ3v) is 4.53. The van der Waals surface area contributed by atoms with E-state index in [4.69, 9.17) is 4.74 Å². The minimum atomic E-state index is -1.84. The van der Waals surface area contributed by atoms with Crippen molar-refractivity contribution in [2.75, 3.05) is 11.4 Å². The molecule has 2 aromatic rings. The van der Waals surface area contributed by atoms with Gasteiger partial charge in [-0.1, -0.05) is 48.5 Å². The Balaban J connectivity index is 2.04. The number of anilines is 1. The lowest BCUT2D eigenvalue weighted by molar-refractivity contribution is -0.488. The Morgan fingerprint density at radius 1 is 1.14 bits per heavy atom. The van der Waals surface area contributed by atoms with Gasteiger partial charge in [-0.2, -0.15) is 0 Å². The molecule has 0 fully saturated rings. The molecule has 0 saturated carbocycles. The van der Waals surface area contributed by atoms with Crippen LogP contribution in [-0.2, 0) is 21.6 Å². The number of para-hydroxylation sites is 1. The van der Waals surface area contributed by atoms with Crippen molar-refractivity contribution < 1.29 is 19.2 Å². The summed E-state index contributed by atoms with van der Waals surface area (Å²) >= 11 is 0. The van der Waals surface area contributed by atoms with Gasteiger partial charge < -0.3 is 9.64 Å². The third-order valence-electron chi connectivity index (χ3n) is 4.53. The molecule has 152 valence electrons. The van der Waals surface area contributed by atoms with Crippen molar-refractivity contribution in [3.05, 3.63) is 75.8 Å². The van der Waals surface area contributed by atoms with E-state index in [1.807, 2.05) is 30.3 Å². The summed E-state index contributed by atoms with van der Waals surface area (Å²) in [5.74, 6) is -0.565. The standard InChI is InChI=1S/C21H23N3O5/c1-20(2,3)29-19(26)22-21(14-24(27)28)16-11-7-8-12-17(16)23(18(21)25)13-15-9-5-4-6-10-15/h4-12H,13-14H2,1-3H3,(H,22,26)/t21-/m1/s1. The van der Waals surface area contributed by atoms with E-state index in [1.165, 1.54) is 4.90 Å². The second-order valence-electron chi connectivity index (χ2n) is 7.92. The number of nitro groups is 1. The molecule has 0 aromatic heterocycles. The van der Waals surface area contributed by atoms with Gasteiger partial charge in [-0.15, -0.1) is 0 Å². The van der Waals surface area contributed by atoms with Crippen LogP contribution in [0.3, 0.4) is 0 Å². The highest BCUT2D eigenvalue weighted by Gasteiger charge is 2.56. The molecule has 0 bridgehead atoms. The SMILES string of the molecule is CC(C)(C)OC(=O)N[C@@]1(C[N+](=O)[O-])C(=O)N(Cc2ccccc2)c2ccccc21. The average molecular weight is 397 g/mol. The summed E-state index contributed by atoms with van der Waals surface area (Å²) in [4.78, 5) is 38.3. The lowest BCUT2D eigenvalue weighted by Gasteiger charge is -2.28. The summed E-state index contributed by atoms with van der Waals surface area (Å²) in [6.07, 6.45) is -0.885. The number of hydrogen-bond acceptors (Lipinski definition) is 5. The lowest BCUT2D eigenvalue weighted by atomic mass is 9.91. The molecule has 0 aliphatic carbocycles. The van der Waals surface area contributed by atoms with Crippen molar-refractivity contribution >= 4 is 17.7 Å². The second-order valence-corrected chi connectivity index (χ2v) is 7.92. The first-order valence-corrected chi connectivity index (χ1v) is 9.21. The van der Waals surface area contributed by atoms with Crippen LogP contribution >= 0.6 is 0 Å². The fraction of sp³-hybridized carbons (Fsp3) is 0.333. The summed E-state index contributed by atoms with van der Waals surface area (Å²) < 4.78 is 5.28. The summed E-state index contributed by atoms with van der Waals surface area (Å²) in [7, 11) is 0. The van der Waals surface area contributed by atoms with Gasteiger partial charge >= 0.3 is 6.09 Å². The Labute approximate surface area is 168 Å².